The topological polar surface area (TPSA) is 32.8 Å². The van der Waals surface area contributed by atoms with Crippen LogP contribution in [-0.4, -0.2) is 53.6 Å². The summed E-state index contributed by atoms with van der Waals surface area (Å²) in [6, 6.07) is 11.3. The molecule has 1 spiro atoms. The number of nitrogens with zero attached hydrogens (tertiary/aromatic N) is 2. The van der Waals surface area contributed by atoms with E-state index in [1.54, 1.807) is 0 Å². The van der Waals surface area contributed by atoms with E-state index in [0.717, 1.165) is 26.1 Å². The molecule has 0 aromatic heterocycles. The summed E-state index contributed by atoms with van der Waals surface area (Å²) in [5, 5.41) is 0. The number of cyclic esters (lactones) is 1. The van der Waals surface area contributed by atoms with Gasteiger partial charge >= 0.3 is 5.97 Å². The van der Waals surface area contributed by atoms with Crippen molar-refractivity contribution in [2.75, 3.05) is 26.2 Å². The number of benzene rings is 1. The van der Waals surface area contributed by atoms with Crippen LogP contribution in [0.4, 0.5) is 0 Å². The standard InChI is InChI=1S/C21H28N2O2/c24-20-19-17(8-14-25-20)21(23-11-4-7-18(19)23)9-12-22(13-10-21)15-16-5-2-1-3-6-16/h1-3,5-6,17-19H,4,7-15H2/t17-,18+,19+/m0/s1. The predicted octanol–water partition coefficient (Wildman–Crippen LogP) is 2.68. The number of fused-ring (bicyclic) bond motifs is 5. The van der Waals surface area contributed by atoms with E-state index < -0.39 is 0 Å². The minimum atomic E-state index is 0.0942. The fourth-order valence-corrected chi connectivity index (χ4v) is 6.28. The minimum absolute atomic E-state index is 0.0942. The highest BCUT2D eigenvalue weighted by atomic mass is 16.5. The van der Waals surface area contributed by atoms with Gasteiger partial charge < -0.3 is 4.74 Å². The average Bonchev–Trinajstić information content (AvgIpc) is 3.21. The van der Waals surface area contributed by atoms with Gasteiger partial charge in [0.1, 0.15) is 0 Å². The monoisotopic (exact) mass is 340 g/mol. The van der Waals surface area contributed by atoms with E-state index in [9.17, 15) is 4.79 Å². The maximum absolute atomic E-state index is 12.5. The van der Waals surface area contributed by atoms with E-state index >= 15 is 0 Å². The van der Waals surface area contributed by atoms with E-state index in [4.69, 9.17) is 4.74 Å². The molecular formula is C21H28N2O2. The number of ether oxygens (including phenoxy) is 1. The van der Waals surface area contributed by atoms with E-state index in [1.807, 2.05) is 0 Å². The highest BCUT2D eigenvalue weighted by molar-refractivity contribution is 5.75. The van der Waals surface area contributed by atoms with Gasteiger partial charge in [0, 0.05) is 31.2 Å². The lowest BCUT2D eigenvalue weighted by atomic mass is 9.70. The molecule has 1 aromatic carbocycles. The quantitative estimate of drug-likeness (QED) is 0.775. The molecule has 0 bridgehead atoms. The Morgan fingerprint density at radius 3 is 2.68 bits per heavy atom. The third-order valence-electron chi connectivity index (χ3n) is 7.33. The number of likely N-dealkylation sites (tertiary alicyclic amines) is 1. The Labute approximate surface area is 150 Å². The molecule has 5 rings (SSSR count). The Morgan fingerprint density at radius 1 is 1.08 bits per heavy atom. The summed E-state index contributed by atoms with van der Waals surface area (Å²) in [4.78, 5) is 17.8. The Kier molecular flexibility index (Phi) is 3.86. The molecule has 0 radical (unpaired) electrons. The summed E-state index contributed by atoms with van der Waals surface area (Å²) >= 11 is 0. The van der Waals surface area contributed by atoms with Gasteiger partial charge in [0.15, 0.2) is 0 Å². The molecule has 4 saturated heterocycles. The SMILES string of the molecule is O=C1OCC[C@H]2[C@@H]1[C@H]1CCCN1C21CCN(Cc2ccccc2)CC1. The van der Waals surface area contributed by atoms with Gasteiger partial charge in [-0.1, -0.05) is 30.3 Å². The van der Waals surface area contributed by atoms with E-state index in [2.05, 4.69) is 40.1 Å². The zero-order valence-corrected chi connectivity index (χ0v) is 14.9. The van der Waals surface area contributed by atoms with Gasteiger partial charge in [-0.25, -0.2) is 0 Å². The van der Waals surface area contributed by atoms with Gasteiger partial charge in [0.25, 0.3) is 0 Å². The lowest BCUT2D eigenvalue weighted by Crippen LogP contribution is -2.56. The number of piperidine rings is 1. The van der Waals surface area contributed by atoms with Crippen molar-refractivity contribution in [3.8, 4) is 0 Å². The lowest BCUT2D eigenvalue weighted by molar-refractivity contribution is -0.157. The molecule has 3 atom stereocenters. The minimum Gasteiger partial charge on any atom is -0.465 e. The van der Waals surface area contributed by atoms with Crippen LogP contribution < -0.4 is 0 Å². The summed E-state index contributed by atoms with van der Waals surface area (Å²) in [5.41, 5.74) is 1.67. The summed E-state index contributed by atoms with van der Waals surface area (Å²) in [7, 11) is 0. The van der Waals surface area contributed by atoms with Crippen molar-refractivity contribution in [2.24, 2.45) is 11.8 Å². The number of rotatable bonds is 2. The molecule has 4 heteroatoms. The van der Waals surface area contributed by atoms with Gasteiger partial charge in [-0.3, -0.25) is 14.6 Å². The summed E-state index contributed by atoms with van der Waals surface area (Å²) in [5.74, 6) is 0.770. The molecule has 1 aromatic rings. The maximum atomic E-state index is 12.5. The number of hydrogen-bond donors (Lipinski definition) is 0. The molecule has 4 nitrogen and oxygen atoms in total. The third kappa shape index (κ3) is 2.45. The van der Waals surface area contributed by atoms with Crippen LogP contribution in [0.2, 0.25) is 0 Å². The maximum Gasteiger partial charge on any atom is 0.310 e. The molecule has 4 aliphatic heterocycles. The van der Waals surface area contributed by atoms with Crippen LogP contribution in [0, 0.1) is 11.8 Å². The Hall–Kier alpha value is -1.39. The molecule has 25 heavy (non-hydrogen) atoms. The van der Waals surface area contributed by atoms with E-state index in [0.29, 0.717) is 18.6 Å². The van der Waals surface area contributed by atoms with Gasteiger partial charge in [-0.2, -0.15) is 0 Å². The lowest BCUT2D eigenvalue weighted by Gasteiger charge is -2.48. The normalized spacial score (nSPS) is 34.7. The molecule has 0 N–H and O–H groups in total. The second-order valence-corrected chi connectivity index (χ2v) is 8.36. The smallest absolute Gasteiger partial charge is 0.310 e. The first kappa shape index (κ1) is 15.8. The van der Waals surface area contributed by atoms with Gasteiger partial charge in [-0.15, -0.1) is 0 Å². The van der Waals surface area contributed by atoms with Crippen LogP contribution in [0.15, 0.2) is 30.3 Å². The fourth-order valence-electron chi connectivity index (χ4n) is 6.28. The number of carbonyl (C=O) groups is 1. The zero-order valence-electron chi connectivity index (χ0n) is 14.9. The van der Waals surface area contributed by atoms with Crippen molar-refractivity contribution < 1.29 is 9.53 Å². The second kappa shape index (κ2) is 6.10. The predicted molar refractivity (Wildman–Crippen MR) is 96.0 cm³/mol. The third-order valence-corrected chi connectivity index (χ3v) is 7.33. The van der Waals surface area contributed by atoms with Crippen LogP contribution in [0.25, 0.3) is 0 Å². The number of carbonyl (C=O) groups excluding carboxylic acids is 1. The summed E-state index contributed by atoms with van der Waals surface area (Å²) in [6.45, 7) is 5.17. The largest absolute Gasteiger partial charge is 0.465 e. The Bertz CT molecular complexity index is 639. The zero-order chi connectivity index (χ0) is 16.9. The average molecular weight is 340 g/mol. The van der Waals surface area contributed by atoms with Crippen LogP contribution in [0.5, 0.6) is 0 Å². The van der Waals surface area contributed by atoms with Crippen LogP contribution in [-0.2, 0) is 16.1 Å². The van der Waals surface area contributed by atoms with Crippen molar-refractivity contribution in [1.29, 1.82) is 0 Å². The summed E-state index contributed by atoms with van der Waals surface area (Å²) < 4.78 is 5.46. The highest BCUT2D eigenvalue weighted by Crippen LogP contribution is 2.55. The number of hydrogen-bond acceptors (Lipinski definition) is 4. The van der Waals surface area contributed by atoms with Gasteiger partial charge in [0.2, 0.25) is 0 Å². The van der Waals surface area contributed by atoms with Crippen molar-refractivity contribution in [2.45, 2.75) is 50.2 Å². The molecule has 0 amide bonds. The van der Waals surface area contributed by atoms with Crippen molar-refractivity contribution in [1.82, 2.24) is 9.80 Å². The molecular weight excluding hydrogens is 312 g/mol. The van der Waals surface area contributed by atoms with Gasteiger partial charge in [0.05, 0.1) is 12.5 Å². The van der Waals surface area contributed by atoms with Crippen LogP contribution in [0.3, 0.4) is 0 Å². The molecule has 0 saturated carbocycles. The van der Waals surface area contributed by atoms with Crippen molar-refractivity contribution >= 4 is 5.97 Å². The van der Waals surface area contributed by atoms with Crippen LogP contribution >= 0.6 is 0 Å². The molecule has 4 fully saturated rings. The molecule has 134 valence electrons. The highest BCUT2D eigenvalue weighted by Gasteiger charge is 2.63. The second-order valence-electron chi connectivity index (χ2n) is 8.36. The first-order valence-corrected chi connectivity index (χ1v) is 9.98. The Morgan fingerprint density at radius 2 is 1.88 bits per heavy atom. The molecule has 4 heterocycles. The number of esters is 1. The first-order chi connectivity index (χ1) is 12.3. The van der Waals surface area contributed by atoms with E-state index in [-0.39, 0.29) is 17.4 Å². The van der Waals surface area contributed by atoms with Crippen molar-refractivity contribution in [3.63, 3.8) is 0 Å². The van der Waals surface area contributed by atoms with Crippen molar-refractivity contribution in [3.05, 3.63) is 35.9 Å². The van der Waals surface area contributed by atoms with Gasteiger partial charge in [-0.05, 0) is 50.1 Å². The fraction of sp³-hybridized carbons (Fsp3) is 0.667. The molecule has 4 aliphatic rings. The first-order valence-electron chi connectivity index (χ1n) is 9.98. The van der Waals surface area contributed by atoms with E-state index in [1.165, 1.54) is 37.8 Å². The molecule has 0 aliphatic carbocycles. The summed E-state index contributed by atoms with van der Waals surface area (Å²) in [6.07, 6.45) is 5.93. The van der Waals surface area contributed by atoms with Crippen LogP contribution in [0.1, 0.15) is 37.7 Å². The Balaban J connectivity index is 1.34. The molecule has 0 unspecified atom stereocenters.